The zero-order valence-corrected chi connectivity index (χ0v) is 21.4. The predicted octanol–water partition coefficient (Wildman–Crippen LogP) is 3.34. The maximum Gasteiger partial charge on any atom is 0.282 e. The molecule has 5 rings (SSSR count). The number of hydrogen-bond acceptors (Lipinski definition) is 7. The molecule has 0 radical (unpaired) electrons. The smallest absolute Gasteiger partial charge is 0.282 e. The minimum atomic E-state index is -0.286. The molecule has 1 aromatic heterocycles. The number of aromatic nitrogens is 2. The second-order valence-electron chi connectivity index (χ2n) is 9.06. The summed E-state index contributed by atoms with van der Waals surface area (Å²) in [6.07, 6.45) is 1.76. The quantitative estimate of drug-likeness (QED) is 0.485. The van der Waals surface area contributed by atoms with Crippen LogP contribution in [-0.2, 0) is 28.9 Å². The third-order valence-electron chi connectivity index (χ3n) is 6.42. The van der Waals surface area contributed by atoms with Gasteiger partial charge in [-0.3, -0.25) is 14.5 Å². The van der Waals surface area contributed by atoms with Gasteiger partial charge >= 0.3 is 0 Å². The van der Waals surface area contributed by atoms with E-state index in [-0.39, 0.29) is 24.3 Å². The van der Waals surface area contributed by atoms with E-state index in [9.17, 15) is 9.59 Å². The summed E-state index contributed by atoms with van der Waals surface area (Å²) in [5.74, 6) is -0.284. The molecule has 2 aliphatic rings. The molecule has 1 N–H and O–H groups in total. The number of carbonyl (C=O) groups excluding carboxylic acids is 2. The molecular weight excluding hydrogens is 498 g/mol. The Morgan fingerprint density at radius 1 is 1.03 bits per heavy atom. The van der Waals surface area contributed by atoms with Gasteiger partial charge in [0.05, 0.1) is 19.3 Å². The fourth-order valence-electron chi connectivity index (χ4n) is 4.45. The molecule has 10 heteroatoms. The van der Waals surface area contributed by atoms with Crippen molar-refractivity contribution in [2.45, 2.75) is 31.8 Å². The van der Waals surface area contributed by atoms with E-state index in [0.717, 1.165) is 55.5 Å². The van der Waals surface area contributed by atoms with Gasteiger partial charge < -0.3 is 15.0 Å². The fourth-order valence-corrected chi connectivity index (χ4v) is 5.32. The first-order valence-corrected chi connectivity index (χ1v) is 13.3. The van der Waals surface area contributed by atoms with Gasteiger partial charge in [-0.05, 0) is 41.8 Å². The normalized spacial score (nSPS) is 18.5. The third kappa shape index (κ3) is 6.28. The van der Waals surface area contributed by atoms with E-state index in [2.05, 4.69) is 32.5 Å². The molecule has 188 valence electrons. The van der Waals surface area contributed by atoms with Crippen molar-refractivity contribution in [1.29, 1.82) is 0 Å². The summed E-state index contributed by atoms with van der Waals surface area (Å²) in [6.45, 7) is 4.73. The lowest BCUT2D eigenvalue weighted by atomic mass is 10.1. The lowest BCUT2D eigenvalue weighted by Crippen LogP contribution is -2.37. The molecule has 3 aromatic rings. The summed E-state index contributed by atoms with van der Waals surface area (Å²) in [5.41, 5.74) is 3.21. The second-order valence-corrected chi connectivity index (χ2v) is 10.6. The molecule has 1 unspecified atom stereocenters. The minimum Gasteiger partial charge on any atom is -0.379 e. The Kier molecular flexibility index (Phi) is 7.91. The van der Waals surface area contributed by atoms with Crippen molar-refractivity contribution in [1.82, 2.24) is 20.4 Å². The zero-order chi connectivity index (χ0) is 24.9. The van der Waals surface area contributed by atoms with Crippen LogP contribution in [0.5, 0.6) is 0 Å². The standard InChI is InChI=1S/C26H28ClN5O3S/c27-20-6-1-18(2-7-20)5-10-23-29-30-26(36-23)25(34)28-21-15-24(33)32(17-21)22-8-3-19(4-9-22)16-31-11-13-35-14-12-31/h1-4,6-9,21H,5,10-17H2,(H,28,34). The highest BCUT2D eigenvalue weighted by molar-refractivity contribution is 7.13. The lowest BCUT2D eigenvalue weighted by Gasteiger charge is -2.26. The van der Waals surface area contributed by atoms with Gasteiger partial charge in [-0.2, -0.15) is 0 Å². The van der Waals surface area contributed by atoms with Crippen LogP contribution in [0.2, 0.25) is 5.02 Å². The molecule has 2 aliphatic heterocycles. The van der Waals surface area contributed by atoms with Crippen LogP contribution >= 0.6 is 22.9 Å². The number of ether oxygens (including phenoxy) is 1. The van der Waals surface area contributed by atoms with Crippen LogP contribution < -0.4 is 10.2 Å². The van der Waals surface area contributed by atoms with Crippen molar-refractivity contribution in [3.05, 3.63) is 74.7 Å². The Bertz CT molecular complexity index is 1200. The van der Waals surface area contributed by atoms with Crippen LogP contribution in [0.3, 0.4) is 0 Å². The largest absolute Gasteiger partial charge is 0.379 e. The molecule has 2 fully saturated rings. The number of nitrogens with one attached hydrogen (secondary N) is 1. The van der Waals surface area contributed by atoms with E-state index in [4.69, 9.17) is 16.3 Å². The number of anilines is 1. The van der Waals surface area contributed by atoms with Gasteiger partial charge in [-0.1, -0.05) is 47.2 Å². The SMILES string of the molecule is O=C(NC1CC(=O)N(c2ccc(CN3CCOCC3)cc2)C1)c1nnc(CCc2ccc(Cl)cc2)s1. The van der Waals surface area contributed by atoms with Crippen LogP contribution in [0.15, 0.2) is 48.5 Å². The highest BCUT2D eigenvalue weighted by Crippen LogP contribution is 2.23. The molecular formula is C26H28ClN5O3S. The molecule has 3 heterocycles. The summed E-state index contributed by atoms with van der Waals surface area (Å²) in [4.78, 5) is 29.5. The first-order valence-electron chi connectivity index (χ1n) is 12.1. The summed E-state index contributed by atoms with van der Waals surface area (Å²) >= 11 is 7.22. The van der Waals surface area contributed by atoms with Crippen molar-refractivity contribution < 1.29 is 14.3 Å². The van der Waals surface area contributed by atoms with E-state index in [0.29, 0.717) is 23.0 Å². The van der Waals surface area contributed by atoms with Crippen molar-refractivity contribution in [2.24, 2.45) is 0 Å². The summed E-state index contributed by atoms with van der Waals surface area (Å²) in [7, 11) is 0. The van der Waals surface area contributed by atoms with Crippen molar-refractivity contribution in [2.75, 3.05) is 37.7 Å². The van der Waals surface area contributed by atoms with Crippen molar-refractivity contribution >= 4 is 40.4 Å². The maximum atomic E-state index is 12.7. The molecule has 2 saturated heterocycles. The Morgan fingerprint density at radius 2 is 1.75 bits per heavy atom. The minimum absolute atomic E-state index is 0.00199. The van der Waals surface area contributed by atoms with Gasteiger partial charge in [0.15, 0.2) is 0 Å². The monoisotopic (exact) mass is 525 g/mol. The van der Waals surface area contributed by atoms with Crippen LogP contribution in [0.25, 0.3) is 0 Å². The van der Waals surface area contributed by atoms with E-state index in [1.165, 1.54) is 16.9 Å². The molecule has 0 bridgehead atoms. The van der Waals surface area contributed by atoms with Gasteiger partial charge in [0.2, 0.25) is 10.9 Å². The van der Waals surface area contributed by atoms with Crippen LogP contribution in [0.4, 0.5) is 5.69 Å². The van der Waals surface area contributed by atoms with Gasteiger partial charge in [-0.15, -0.1) is 10.2 Å². The highest BCUT2D eigenvalue weighted by Gasteiger charge is 2.32. The fraction of sp³-hybridized carbons (Fsp3) is 0.385. The van der Waals surface area contributed by atoms with Crippen molar-refractivity contribution in [3.8, 4) is 0 Å². The van der Waals surface area contributed by atoms with Crippen LogP contribution in [0, 0.1) is 0 Å². The lowest BCUT2D eigenvalue weighted by molar-refractivity contribution is -0.117. The molecule has 2 aromatic carbocycles. The summed E-state index contributed by atoms with van der Waals surface area (Å²) in [6, 6.07) is 15.5. The van der Waals surface area contributed by atoms with E-state index < -0.39 is 0 Å². The Labute approximate surface area is 219 Å². The third-order valence-corrected chi connectivity index (χ3v) is 7.65. The molecule has 0 saturated carbocycles. The van der Waals surface area contributed by atoms with E-state index in [1.54, 1.807) is 4.90 Å². The number of hydrogen-bond donors (Lipinski definition) is 1. The number of amides is 2. The van der Waals surface area contributed by atoms with E-state index >= 15 is 0 Å². The molecule has 2 amide bonds. The molecule has 36 heavy (non-hydrogen) atoms. The average molecular weight is 526 g/mol. The Morgan fingerprint density at radius 3 is 2.50 bits per heavy atom. The summed E-state index contributed by atoms with van der Waals surface area (Å²) in [5, 5.41) is 13.0. The summed E-state index contributed by atoms with van der Waals surface area (Å²) < 4.78 is 5.41. The maximum absolute atomic E-state index is 12.7. The average Bonchev–Trinajstić information content (AvgIpc) is 3.51. The topological polar surface area (TPSA) is 87.7 Å². The molecule has 8 nitrogen and oxygen atoms in total. The van der Waals surface area contributed by atoms with Crippen LogP contribution in [-0.4, -0.2) is 65.8 Å². The Balaban J connectivity index is 1.12. The number of nitrogens with zero attached hydrogens (tertiary/aromatic N) is 4. The van der Waals surface area contributed by atoms with Gasteiger partial charge in [-0.25, -0.2) is 0 Å². The number of rotatable bonds is 8. The number of carbonyl (C=O) groups is 2. The first kappa shape index (κ1) is 24.8. The highest BCUT2D eigenvalue weighted by atomic mass is 35.5. The zero-order valence-electron chi connectivity index (χ0n) is 19.9. The van der Waals surface area contributed by atoms with Crippen molar-refractivity contribution in [3.63, 3.8) is 0 Å². The van der Waals surface area contributed by atoms with Gasteiger partial charge in [0, 0.05) is 49.7 Å². The molecule has 0 aliphatic carbocycles. The number of benzene rings is 2. The second kappa shape index (κ2) is 11.5. The first-order chi connectivity index (χ1) is 17.5. The van der Waals surface area contributed by atoms with Crippen LogP contribution in [0.1, 0.15) is 32.4 Å². The predicted molar refractivity (Wildman–Crippen MR) is 140 cm³/mol. The number of morpholine rings is 1. The van der Waals surface area contributed by atoms with Gasteiger partial charge in [0.1, 0.15) is 5.01 Å². The number of aryl methyl sites for hydroxylation is 2. The molecule has 0 spiro atoms. The molecule has 1 atom stereocenters. The van der Waals surface area contributed by atoms with E-state index in [1.807, 2.05) is 36.4 Å². The Hall–Kier alpha value is -2.85. The number of halogens is 1. The van der Waals surface area contributed by atoms with Gasteiger partial charge in [0.25, 0.3) is 5.91 Å².